The molecule has 0 aliphatic carbocycles. The predicted octanol–water partition coefficient (Wildman–Crippen LogP) is 1.78. The minimum absolute atomic E-state index is 0.0166. The van der Waals surface area contributed by atoms with Crippen molar-refractivity contribution in [2.75, 3.05) is 6.54 Å². The number of ketones is 1. The number of aryl methyl sites for hydroxylation is 1. The number of hydrogen-bond acceptors (Lipinski definition) is 6. The van der Waals surface area contributed by atoms with E-state index in [2.05, 4.69) is 14.7 Å². The molecule has 136 valence electrons. The molecule has 0 spiro atoms. The van der Waals surface area contributed by atoms with Crippen LogP contribution in [-0.2, 0) is 17.3 Å². The number of carbonyl (C=O) groups is 1. The summed E-state index contributed by atoms with van der Waals surface area (Å²) in [5, 5.41) is 0. The first kappa shape index (κ1) is 18.1. The van der Waals surface area contributed by atoms with Crippen LogP contribution in [0.15, 0.2) is 35.1 Å². The highest BCUT2D eigenvalue weighted by molar-refractivity contribution is 7.70. The van der Waals surface area contributed by atoms with Crippen LogP contribution < -0.4 is 4.72 Å². The highest BCUT2D eigenvalue weighted by Gasteiger charge is 2.20. The molecule has 0 amide bonds. The molecule has 0 fully saturated rings. The summed E-state index contributed by atoms with van der Waals surface area (Å²) in [6, 6.07) is 4.63. The summed E-state index contributed by atoms with van der Waals surface area (Å²) < 4.78 is 56.5. The van der Waals surface area contributed by atoms with E-state index >= 15 is 0 Å². The van der Waals surface area contributed by atoms with E-state index in [1.54, 1.807) is 0 Å². The van der Waals surface area contributed by atoms with Gasteiger partial charge in [0.1, 0.15) is 22.8 Å². The summed E-state index contributed by atoms with van der Waals surface area (Å²) >= 11 is 0. The molecule has 0 saturated heterocycles. The van der Waals surface area contributed by atoms with Crippen molar-refractivity contribution in [3.8, 4) is 0 Å². The lowest BCUT2D eigenvalue weighted by Gasteiger charge is -2.08. The van der Waals surface area contributed by atoms with Gasteiger partial charge < -0.3 is 4.42 Å². The normalized spacial score (nSPS) is 11.3. The number of rotatable bonds is 7. The van der Waals surface area contributed by atoms with Gasteiger partial charge in [-0.3, -0.25) is 4.79 Å². The smallest absolute Gasteiger partial charge is 0.247 e. The number of nitrogens with one attached hydrogen (secondary N) is 1. The summed E-state index contributed by atoms with van der Waals surface area (Å²) in [5.41, 5.74) is -0.0159. The third kappa shape index (κ3) is 3.92. The second-order valence-electron chi connectivity index (χ2n) is 5.40. The second kappa shape index (κ2) is 7.67. The Balaban J connectivity index is 1.87. The van der Waals surface area contributed by atoms with Gasteiger partial charge in [0.05, 0.1) is 5.56 Å². The largest absolute Gasteiger partial charge is 0.425 e. The number of fused-ring (bicyclic) bond motifs is 1. The maximum atomic E-state index is 14.6. The van der Waals surface area contributed by atoms with E-state index in [9.17, 15) is 22.0 Å². The van der Waals surface area contributed by atoms with E-state index in [-0.39, 0.29) is 36.4 Å². The first-order valence-electron chi connectivity index (χ1n) is 7.56. The van der Waals surface area contributed by atoms with Crippen LogP contribution in [0.1, 0.15) is 28.0 Å². The van der Waals surface area contributed by atoms with Crippen LogP contribution in [0, 0.1) is 11.6 Å². The Labute approximate surface area is 148 Å². The Morgan fingerprint density at radius 1 is 1.23 bits per heavy atom. The summed E-state index contributed by atoms with van der Waals surface area (Å²) in [4.78, 5) is 20.4. The molecule has 0 aliphatic heterocycles. The van der Waals surface area contributed by atoms with Crippen LogP contribution in [-0.4, -0.2) is 30.7 Å². The quantitative estimate of drug-likeness (QED) is 0.367. The molecule has 0 aliphatic rings. The number of oxazole rings is 1. The zero-order valence-electron chi connectivity index (χ0n) is 13.2. The molecule has 7 nitrogen and oxygen atoms in total. The topological polar surface area (TPSA) is 102 Å². The van der Waals surface area contributed by atoms with E-state index in [0.717, 1.165) is 18.5 Å². The minimum Gasteiger partial charge on any atom is -0.425 e. The Morgan fingerprint density at radius 3 is 2.81 bits per heavy atom. The molecular formula is C16H13F2N3O4S. The van der Waals surface area contributed by atoms with Crippen molar-refractivity contribution in [2.45, 2.75) is 12.8 Å². The summed E-state index contributed by atoms with van der Waals surface area (Å²) in [6.07, 6.45) is 1.48. The van der Waals surface area contributed by atoms with Gasteiger partial charge in [-0.05, 0) is 42.7 Å². The highest BCUT2D eigenvalue weighted by Crippen LogP contribution is 2.21. The molecule has 3 aromatic rings. The lowest BCUT2D eigenvalue weighted by Crippen LogP contribution is -2.14. The third-order valence-corrected chi connectivity index (χ3v) is 4.13. The fourth-order valence-corrected chi connectivity index (χ4v) is 2.80. The summed E-state index contributed by atoms with van der Waals surface area (Å²) in [7, 11) is -2.75. The van der Waals surface area contributed by atoms with Crippen LogP contribution in [0.25, 0.3) is 11.2 Å². The average Bonchev–Trinajstić information content (AvgIpc) is 3.08. The Morgan fingerprint density at radius 2 is 2.04 bits per heavy atom. The van der Waals surface area contributed by atoms with Gasteiger partial charge in [-0.2, -0.15) is 0 Å². The van der Waals surface area contributed by atoms with Gasteiger partial charge in [0, 0.05) is 6.54 Å². The number of hydrogen-bond donors (Lipinski definition) is 2. The standard InChI is InChI=1S/C16H13F2N3O4S/c17-10-6-9(2-1-5-20-26(23)24)14(18)11(7-10)15(22)12-3-4-13-16(21-12)25-8-19-13/h3-4,6-8,26H,1-2,5H2,(H,20,23,24). The first-order chi connectivity index (χ1) is 12.5. The molecule has 0 saturated carbocycles. The maximum absolute atomic E-state index is 14.6. The Kier molecular flexibility index (Phi) is 5.33. The van der Waals surface area contributed by atoms with Crippen LogP contribution in [0.3, 0.4) is 0 Å². The Bertz CT molecular complexity index is 1040. The number of pyridine rings is 1. The average molecular weight is 381 g/mol. The number of carbonyl (C=O) groups excluding carboxylic acids is 1. The SMILES string of the molecule is O=C(c1ccc2ncoc2n1)c1cc(F)cc(CCCN[SH](=O)=O)c1F. The molecule has 2 heterocycles. The maximum Gasteiger partial charge on any atom is 0.247 e. The van der Waals surface area contributed by atoms with Gasteiger partial charge in [0.15, 0.2) is 6.39 Å². The number of benzene rings is 1. The third-order valence-electron chi connectivity index (χ3n) is 3.65. The molecule has 0 atom stereocenters. The lowest BCUT2D eigenvalue weighted by atomic mass is 10.0. The van der Waals surface area contributed by atoms with Crippen LogP contribution in [0.5, 0.6) is 0 Å². The van der Waals surface area contributed by atoms with Crippen molar-refractivity contribution in [1.29, 1.82) is 0 Å². The number of halogens is 2. The molecule has 0 radical (unpaired) electrons. The molecule has 2 aromatic heterocycles. The van der Waals surface area contributed by atoms with E-state index in [4.69, 9.17) is 4.42 Å². The molecule has 3 rings (SSSR count). The van der Waals surface area contributed by atoms with E-state index in [0.29, 0.717) is 5.52 Å². The zero-order valence-corrected chi connectivity index (χ0v) is 14.1. The van der Waals surface area contributed by atoms with E-state index < -0.39 is 33.9 Å². The van der Waals surface area contributed by atoms with Crippen LogP contribution in [0.2, 0.25) is 0 Å². The van der Waals surface area contributed by atoms with Crippen molar-refractivity contribution in [3.63, 3.8) is 0 Å². The number of nitrogens with zero attached hydrogens (tertiary/aromatic N) is 2. The molecule has 0 bridgehead atoms. The van der Waals surface area contributed by atoms with Crippen molar-refractivity contribution in [2.24, 2.45) is 0 Å². The molecule has 26 heavy (non-hydrogen) atoms. The van der Waals surface area contributed by atoms with Gasteiger partial charge in [0.25, 0.3) is 0 Å². The Hall–Kier alpha value is -2.72. The lowest BCUT2D eigenvalue weighted by molar-refractivity contribution is 0.103. The van der Waals surface area contributed by atoms with Gasteiger partial charge >= 0.3 is 0 Å². The fraction of sp³-hybridized carbons (Fsp3) is 0.188. The summed E-state index contributed by atoms with van der Waals surface area (Å²) in [5.74, 6) is -2.42. The predicted molar refractivity (Wildman–Crippen MR) is 88.2 cm³/mol. The van der Waals surface area contributed by atoms with Gasteiger partial charge in [-0.15, -0.1) is 0 Å². The minimum atomic E-state index is -2.75. The van der Waals surface area contributed by atoms with Crippen LogP contribution >= 0.6 is 0 Å². The molecular weight excluding hydrogens is 368 g/mol. The monoisotopic (exact) mass is 381 g/mol. The van der Waals surface area contributed by atoms with Gasteiger partial charge in [0.2, 0.25) is 22.4 Å². The molecule has 10 heteroatoms. The number of aromatic nitrogens is 2. The van der Waals surface area contributed by atoms with E-state index in [1.807, 2.05) is 0 Å². The van der Waals surface area contributed by atoms with Crippen molar-refractivity contribution in [1.82, 2.24) is 14.7 Å². The van der Waals surface area contributed by atoms with Crippen molar-refractivity contribution >= 4 is 27.9 Å². The summed E-state index contributed by atoms with van der Waals surface area (Å²) in [6.45, 7) is 0.0850. The van der Waals surface area contributed by atoms with E-state index in [1.165, 1.54) is 12.1 Å². The molecule has 0 unspecified atom stereocenters. The van der Waals surface area contributed by atoms with Crippen molar-refractivity contribution < 1.29 is 26.4 Å². The van der Waals surface area contributed by atoms with Gasteiger partial charge in [-0.1, -0.05) is 0 Å². The molecule has 1 aromatic carbocycles. The van der Waals surface area contributed by atoms with Gasteiger partial charge in [-0.25, -0.2) is 31.9 Å². The zero-order chi connectivity index (χ0) is 18.7. The molecule has 1 N–H and O–H groups in total. The highest BCUT2D eigenvalue weighted by atomic mass is 32.2. The van der Waals surface area contributed by atoms with Crippen molar-refractivity contribution in [3.05, 3.63) is 59.1 Å². The van der Waals surface area contributed by atoms with Crippen LogP contribution in [0.4, 0.5) is 8.78 Å². The second-order valence-corrected chi connectivity index (χ2v) is 6.23. The number of thiol groups is 1. The first-order valence-corrected chi connectivity index (χ1v) is 8.74. The fourth-order valence-electron chi connectivity index (χ4n) is 2.46.